The Morgan fingerprint density at radius 1 is 1.41 bits per heavy atom. The Hall–Kier alpha value is -0.610. The van der Waals surface area contributed by atoms with Gasteiger partial charge in [-0.25, -0.2) is 0 Å². The van der Waals surface area contributed by atoms with Crippen molar-refractivity contribution in [2.45, 2.75) is 39.5 Å². The molecule has 1 amide bonds. The molecule has 1 unspecified atom stereocenters. The van der Waals surface area contributed by atoms with E-state index in [1.807, 2.05) is 0 Å². The summed E-state index contributed by atoms with van der Waals surface area (Å²) in [5.74, 6) is 0.209. The second-order valence-corrected chi connectivity index (χ2v) is 4.78. The average Bonchev–Trinajstić information content (AvgIpc) is 2.83. The van der Waals surface area contributed by atoms with Gasteiger partial charge in [-0.1, -0.05) is 13.8 Å². The zero-order chi connectivity index (χ0) is 12.6. The third kappa shape index (κ3) is 4.28. The number of nitrogens with one attached hydrogen (secondary N) is 2. The minimum absolute atomic E-state index is 0.162. The SMILES string of the molecule is CCCOCCCNC(=O)C1(CC)CCNC1. The van der Waals surface area contributed by atoms with Crippen molar-refractivity contribution in [1.29, 1.82) is 0 Å². The molecule has 0 aliphatic carbocycles. The Morgan fingerprint density at radius 3 is 2.82 bits per heavy atom. The second-order valence-electron chi connectivity index (χ2n) is 4.78. The van der Waals surface area contributed by atoms with Gasteiger partial charge >= 0.3 is 0 Å². The zero-order valence-corrected chi connectivity index (χ0v) is 11.2. The maximum atomic E-state index is 12.1. The van der Waals surface area contributed by atoms with Crippen molar-refractivity contribution in [2.24, 2.45) is 5.41 Å². The summed E-state index contributed by atoms with van der Waals surface area (Å²) in [5, 5.41) is 6.31. The van der Waals surface area contributed by atoms with Crippen molar-refractivity contribution in [3.63, 3.8) is 0 Å². The molecule has 0 spiro atoms. The molecule has 4 nitrogen and oxygen atoms in total. The molecule has 1 rings (SSSR count). The van der Waals surface area contributed by atoms with Crippen molar-refractivity contribution in [1.82, 2.24) is 10.6 Å². The summed E-state index contributed by atoms with van der Waals surface area (Å²) in [6.07, 6.45) is 3.83. The van der Waals surface area contributed by atoms with Gasteiger partial charge in [0.15, 0.2) is 0 Å². The Bertz CT molecular complexity index is 225. The zero-order valence-electron chi connectivity index (χ0n) is 11.2. The summed E-state index contributed by atoms with van der Waals surface area (Å²) in [4.78, 5) is 12.1. The molecule has 100 valence electrons. The van der Waals surface area contributed by atoms with Gasteiger partial charge in [0.1, 0.15) is 0 Å². The third-order valence-electron chi connectivity index (χ3n) is 3.50. The van der Waals surface area contributed by atoms with Crippen molar-refractivity contribution >= 4 is 5.91 Å². The van der Waals surface area contributed by atoms with E-state index in [1.54, 1.807) is 0 Å². The number of hydrogen-bond donors (Lipinski definition) is 2. The van der Waals surface area contributed by atoms with Crippen LogP contribution in [0, 0.1) is 5.41 Å². The van der Waals surface area contributed by atoms with Crippen LogP contribution < -0.4 is 10.6 Å². The Labute approximate surface area is 104 Å². The lowest BCUT2D eigenvalue weighted by molar-refractivity contribution is -0.130. The largest absolute Gasteiger partial charge is 0.381 e. The summed E-state index contributed by atoms with van der Waals surface area (Å²) in [5.41, 5.74) is -0.162. The van der Waals surface area contributed by atoms with Crippen LogP contribution in [0.25, 0.3) is 0 Å². The molecular formula is C13H26N2O2. The van der Waals surface area contributed by atoms with Crippen LogP contribution in [0.1, 0.15) is 39.5 Å². The lowest BCUT2D eigenvalue weighted by Gasteiger charge is -2.25. The standard InChI is InChI=1S/C13H26N2O2/c1-3-9-17-10-5-7-15-12(16)13(4-2)6-8-14-11-13/h14H,3-11H2,1-2H3,(H,15,16). The van der Waals surface area contributed by atoms with Gasteiger partial charge in [0.2, 0.25) is 5.91 Å². The first kappa shape index (κ1) is 14.5. The van der Waals surface area contributed by atoms with Crippen LogP contribution in [0.5, 0.6) is 0 Å². The quantitative estimate of drug-likeness (QED) is 0.631. The predicted molar refractivity (Wildman–Crippen MR) is 68.9 cm³/mol. The van der Waals surface area contributed by atoms with Crippen molar-refractivity contribution in [3.05, 3.63) is 0 Å². The van der Waals surface area contributed by atoms with Gasteiger partial charge < -0.3 is 15.4 Å². The highest BCUT2D eigenvalue weighted by molar-refractivity contribution is 5.83. The molecule has 1 aliphatic heterocycles. The molecule has 0 bridgehead atoms. The van der Waals surface area contributed by atoms with Gasteiger partial charge in [-0.05, 0) is 32.2 Å². The number of hydrogen-bond acceptors (Lipinski definition) is 3. The molecule has 1 heterocycles. The summed E-state index contributed by atoms with van der Waals surface area (Å²) < 4.78 is 5.38. The Balaban J connectivity index is 2.15. The summed E-state index contributed by atoms with van der Waals surface area (Å²) in [6, 6.07) is 0. The molecule has 0 aromatic rings. The van der Waals surface area contributed by atoms with E-state index in [1.165, 1.54) is 0 Å². The fourth-order valence-electron chi connectivity index (χ4n) is 2.21. The Kier molecular flexibility index (Phi) is 6.52. The number of carbonyl (C=O) groups is 1. The highest BCUT2D eigenvalue weighted by Crippen LogP contribution is 2.29. The van der Waals surface area contributed by atoms with E-state index in [4.69, 9.17) is 4.74 Å². The number of ether oxygens (including phenoxy) is 1. The van der Waals surface area contributed by atoms with Crippen LogP contribution >= 0.6 is 0 Å². The van der Waals surface area contributed by atoms with E-state index in [2.05, 4.69) is 24.5 Å². The van der Waals surface area contributed by atoms with Crippen LogP contribution in [-0.2, 0) is 9.53 Å². The van der Waals surface area contributed by atoms with E-state index >= 15 is 0 Å². The van der Waals surface area contributed by atoms with Gasteiger partial charge in [-0.2, -0.15) is 0 Å². The minimum atomic E-state index is -0.162. The lowest BCUT2D eigenvalue weighted by atomic mass is 9.83. The fourth-order valence-corrected chi connectivity index (χ4v) is 2.21. The molecule has 4 heteroatoms. The van der Waals surface area contributed by atoms with E-state index < -0.39 is 0 Å². The molecule has 0 aromatic heterocycles. The van der Waals surface area contributed by atoms with Crippen molar-refractivity contribution < 1.29 is 9.53 Å². The van der Waals surface area contributed by atoms with Crippen LogP contribution in [0.3, 0.4) is 0 Å². The first-order valence-corrected chi connectivity index (χ1v) is 6.82. The first-order chi connectivity index (χ1) is 8.25. The average molecular weight is 242 g/mol. The topological polar surface area (TPSA) is 50.4 Å². The highest BCUT2D eigenvalue weighted by Gasteiger charge is 2.38. The predicted octanol–water partition coefficient (Wildman–Crippen LogP) is 1.31. The third-order valence-corrected chi connectivity index (χ3v) is 3.50. The maximum Gasteiger partial charge on any atom is 0.227 e. The minimum Gasteiger partial charge on any atom is -0.381 e. The molecular weight excluding hydrogens is 216 g/mol. The molecule has 0 saturated carbocycles. The van der Waals surface area contributed by atoms with Gasteiger partial charge in [0.25, 0.3) is 0 Å². The number of amides is 1. The van der Waals surface area contributed by atoms with Crippen LogP contribution in [0.4, 0.5) is 0 Å². The molecule has 0 aromatic carbocycles. The Morgan fingerprint density at radius 2 is 2.24 bits per heavy atom. The normalized spacial score (nSPS) is 23.9. The maximum absolute atomic E-state index is 12.1. The molecule has 17 heavy (non-hydrogen) atoms. The molecule has 0 radical (unpaired) electrons. The summed E-state index contributed by atoms with van der Waals surface area (Å²) in [6.45, 7) is 8.26. The number of rotatable bonds is 8. The fraction of sp³-hybridized carbons (Fsp3) is 0.923. The van der Waals surface area contributed by atoms with Gasteiger partial charge in [-0.3, -0.25) is 4.79 Å². The monoisotopic (exact) mass is 242 g/mol. The molecule has 1 fully saturated rings. The molecule has 1 atom stereocenters. The van der Waals surface area contributed by atoms with Crippen molar-refractivity contribution in [2.75, 3.05) is 32.8 Å². The first-order valence-electron chi connectivity index (χ1n) is 6.82. The molecule has 1 aliphatic rings. The lowest BCUT2D eigenvalue weighted by Crippen LogP contribution is -2.42. The smallest absolute Gasteiger partial charge is 0.227 e. The number of carbonyl (C=O) groups excluding carboxylic acids is 1. The van der Waals surface area contributed by atoms with Gasteiger partial charge in [0.05, 0.1) is 5.41 Å². The summed E-state index contributed by atoms with van der Waals surface area (Å²) in [7, 11) is 0. The van der Waals surface area contributed by atoms with Crippen LogP contribution in [0.15, 0.2) is 0 Å². The van der Waals surface area contributed by atoms with E-state index in [0.29, 0.717) is 0 Å². The summed E-state index contributed by atoms with van der Waals surface area (Å²) >= 11 is 0. The molecule has 2 N–H and O–H groups in total. The van der Waals surface area contributed by atoms with Gasteiger partial charge in [0, 0.05) is 26.3 Å². The highest BCUT2D eigenvalue weighted by atomic mass is 16.5. The van der Waals surface area contributed by atoms with E-state index in [-0.39, 0.29) is 11.3 Å². The van der Waals surface area contributed by atoms with Crippen LogP contribution in [-0.4, -0.2) is 38.8 Å². The van der Waals surface area contributed by atoms with E-state index in [9.17, 15) is 4.79 Å². The van der Waals surface area contributed by atoms with Crippen molar-refractivity contribution in [3.8, 4) is 0 Å². The van der Waals surface area contributed by atoms with E-state index in [0.717, 1.165) is 58.5 Å². The van der Waals surface area contributed by atoms with Crippen LogP contribution in [0.2, 0.25) is 0 Å². The molecule has 1 saturated heterocycles. The van der Waals surface area contributed by atoms with Gasteiger partial charge in [-0.15, -0.1) is 0 Å². The second kappa shape index (κ2) is 7.67.